The lowest BCUT2D eigenvalue weighted by Gasteiger charge is -2.18. The Labute approximate surface area is 177 Å². The van der Waals surface area contributed by atoms with Gasteiger partial charge in [-0.15, -0.1) is 11.3 Å². The first-order valence-electron chi connectivity index (χ1n) is 10.3. The molecule has 3 aromatic rings. The molecule has 2 aromatic carbocycles. The maximum atomic E-state index is 6.11. The second-order valence-electron chi connectivity index (χ2n) is 7.27. The van der Waals surface area contributed by atoms with Crippen LogP contribution < -0.4 is 11.5 Å². The highest BCUT2D eigenvalue weighted by Crippen LogP contribution is 2.29. The molecule has 0 unspecified atom stereocenters. The Hall–Kier alpha value is -2.66. The number of aliphatic imine (C=N–C) groups is 1. The van der Waals surface area contributed by atoms with Crippen LogP contribution in [0.4, 0.5) is 5.13 Å². The number of benzene rings is 2. The first kappa shape index (κ1) is 21.1. The fourth-order valence-electron chi connectivity index (χ4n) is 3.55. The largest absolute Gasteiger partial charge is 0.387 e. The molecule has 4 N–H and O–H groups in total. The van der Waals surface area contributed by atoms with E-state index in [9.17, 15) is 0 Å². The second kappa shape index (κ2) is 11.4. The third-order valence-corrected chi connectivity index (χ3v) is 5.78. The summed E-state index contributed by atoms with van der Waals surface area (Å²) in [4.78, 5) is 8.79. The molecule has 152 valence electrons. The molecule has 0 aliphatic rings. The summed E-state index contributed by atoms with van der Waals surface area (Å²) in [6.07, 6.45) is 6.03. The maximum absolute atomic E-state index is 6.11. The minimum Gasteiger partial charge on any atom is -0.387 e. The Bertz CT molecular complexity index is 835. The third-order valence-electron chi connectivity index (χ3n) is 5.06. The van der Waals surface area contributed by atoms with Crippen molar-refractivity contribution >= 4 is 22.3 Å². The molecule has 0 aliphatic heterocycles. The summed E-state index contributed by atoms with van der Waals surface area (Å²) in [5.74, 6) is 1.19. The van der Waals surface area contributed by atoms with Gasteiger partial charge in [-0.3, -0.25) is 4.99 Å². The highest BCUT2D eigenvalue weighted by Gasteiger charge is 2.13. The molecule has 0 bridgehead atoms. The van der Waals surface area contributed by atoms with Crippen molar-refractivity contribution in [2.24, 2.45) is 10.7 Å². The SMILES string of the molecule is NC(CCCCC(c1ccccc1)c1ccccc1)=NCCCc1csc(N)n1. The lowest BCUT2D eigenvalue weighted by molar-refractivity contribution is 0.635. The molecule has 0 atom stereocenters. The average Bonchev–Trinajstić information content (AvgIpc) is 3.17. The number of hydrogen-bond donors (Lipinski definition) is 2. The molecule has 1 aromatic heterocycles. The van der Waals surface area contributed by atoms with Gasteiger partial charge < -0.3 is 11.5 Å². The summed E-state index contributed by atoms with van der Waals surface area (Å²) in [7, 11) is 0. The molecule has 0 radical (unpaired) electrons. The molecule has 0 amide bonds. The van der Waals surface area contributed by atoms with E-state index in [2.05, 4.69) is 70.6 Å². The minimum atomic E-state index is 0.432. The van der Waals surface area contributed by atoms with E-state index >= 15 is 0 Å². The summed E-state index contributed by atoms with van der Waals surface area (Å²) in [5, 5.41) is 2.64. The van der Waals surface area contributed by atoms with Gasteiger partial charge in [0.05, 0.1) is 11.5 Å². The molecular formula is C24H30N4S. The van der Waals surface area contributed by atoms with Crippen LogP contribution in [0.25, 0.3) is 0 Å². The van der Waals surface area contributed by atoms with E-state index in [1.807, 2.05) is 5.38 Å². The molecular weight excluding hydrogens is 376 g/mol. The van der Waals surface area contributed by atoms with E-state index in [4.69, 9.17) is 11.5 Å². The van der Waals surface area contributed by atoms with Crippen molar-refractivity contribution < 1.29 is 0 Å². The van der Waals surface area contributed by atoms with Crippen LogP contribution in [0.15, 0.2) is 71.0 Å². The molecule has 0 spiro atoms. The number of nitrogen functional groups attached to an aromatic ring is 1. The van der Waals surface area contributed by atoms with Crippen LogP contribution in [0, 0.1) is 0 Å². The summed E-state index contributed by atoms with van der Waals surface area (Å²) < 4.78 is 0. The number of nitrogens with two attached hydrogens (primary N) is 2. The predicted octanol–water partition coefficient (Wildman–Crippen LogP) is 5.41. The van der Waals surface area contributed by atoms with Crippen LogP contribution >= 0.6 is 11.3 Å². The van der Waals surface area contributed by atoms with Gasteiger partial charge in [0, 0.05) is 24.3 Å². The standard InChI is InChI=1S/C24H30N4S/c25-23(27-17-9-14-21-18-29-24(26)28-21)16-8-7-15-22(19-10-3-1-4-11-19)20-12-5-2-6-13-20/h1-6,10-13,18,22H,7-9,14-17H2,(H2,25,27)(H2,26,28). The van der Waals surface area contributed by atoms with Gasteiger partial charge in [0.1, 0.15) is 0 Å². The smallest absolute Gasteiger partial charge is 0.180 e. The lowest BCUT2D eigenvalue weighted by atomic mass is 9.87. The third kappa shape index (κ3) is 7.02. The number of amidine groups is 1. The van der Waals surface area contributed by atoms with Gasteiger partial charge in [-0.05, 0) is 36.8 Å². The quantitative estimate of drug-likeness (QED) is 0.254. The fraction of sp³-hybridized carbons (Fsp3) is 0.333. The Balaban J connectivity index is 1.42. The van der Waals surface area contributed by atoms with Crippen LogP contribution in [-0.4, -0.2) is 17.4 Å². The summed E-state index contributed by atoms with van der Waals surface area (Å²) in [5.41, 5.74) is 15.6. The number of thiazole rings is 1. The molecule has 5 heteroatoms. The van der Waals surface area contributed by atoms with Crippen molar-refractivity contribution in [2.45, 2.75) is 44.4 Å². The number of nitrogens with zero attached hydrogens (tertiary/aromatic N) is 2. The zero-order valence-electron chi connectivity index (χ0n) is 16.8. The predicted molar refractivity (Wildman–Crippen MR) is 125 cm³/mol. The van der Waals surface area contributed by atoms with E-state index < -0.39 is 0 Å². The number of rotatable bonds is 11. The van der Waals surface area contributed by atoms with Gasteiger partial charge in [0.25, 0.3) is 0 Å². The summed E-state index contributed by atoms with van der Waals surface area (Å²) in [6, 6.07) is 21.5. The number of aromatic nitrogens is 1. The first-order valence-corrected chi connectivity index (χ1v) is 11.2. The summed E-state index contributed by atoms with van der Waals surface area (Å²) >= 11 is 1.49. The van der Waals surface area contributed by atoms with Crippen molar-refractivity contribution in [3.8, 4) is 0 Å². The van der Waals surface area contributed by atoms with E-state index in [1.54, 1.807) is 0 Å². The molecule has 3 rings (SSSR count). The van der Waals surface area contributed by atoms with E-state index in [0.29, 0.717) is 11.0 Å². The van der Waals surface area contributed by atoms with Gasteiger partial charge in [0.15, 0.2) is 5.13 Å². The van der Waals surface area contributed by atoms with Crippen molar-refractivity contribution in [3.63, 3.8) is 0 Å². The molecule has 0 fully saturated rings. The van der Waals surface area contributed by atoms with Crippen LogP contribution in [0.3, 0.4) is 0 Å². The number of anilines is 1. The van der Waals surface area contributed by atoms with Crippen LogP contribution in [0.5, 0.6) is 0 Å². The van der Waals surface area contributed by atoms with Crippen LogP contribution in [0.2, 0.25) is 0 Å². The Morgan fingerprint density at radius 1 is 0.931 bits per heavy atom. The van der Waals surface area contributed by atoms with E-state index in [0.717, 1.165) is 56.6 Å². The number of aryl methyl sites for hydroxylation is 1. The molecule has 0 aliphatic carbocycles. The van der Waals surface area contributed by atoms with E-state index in [1.165, 1.54) is 22.5 Å². The van der Waals surface area contributed by atoms with Gasteiger partial charge in [-0.1, -0.05) is 67.1 Å². The summed E-state index contributed by atoms with van der Waals surface area (Å²) in [6.45, 7) is 0.750. The van der Waals surface area contributed by atoms with Crippen molar-refractivity contribution in [1.82, 2.24) is 4.98 Å². The lowest BCUT2D eigenvalue weighted by Crippen LogP contribution is -2.12. The monoisotopic (exact) mass is 406 g/mol. The maximum Gasteiger partial charge on any atom is 0.180 e. The highest BCUT2D eigenvalue weighted by molar-refractivity contribution is 7.13. The molecule has 0 saturated carbocycles. The molecule has 1 heterocycles. The van der Waals surface area contributed by atoms with Gasteiger partial charge in [-0.25, -0.2) is 4.98 Å². The van der Waals surface area contributed by atoms with Crippen molar-refractivity contribution in [2.75, 3.05) is 12.3 Å². The minimum absolute atomic E-state index is 0.432. The second-order valence-corrected chi connectivity index (χ2v) is 8.16. The van der Waals surface area contributed by atoms with Crippen molar-refractivity contribution in [3.05, 3.63) is 82.9 Å². The number of unbranched alkanes of at least 4 members (excludes halogenated alkanes) is 1. The first-order chi connectivity index (χ1) is 14.2. The molecule has 29 heavy (non-hydrogen) atoms. The van der Waals surface area contributed by atoms with Gasteiger partial charge in [0.2, 0.25) is 0 Å². The van der Waals surface area contributed by atoms with Crippen LogP contribution in [0.1, 0.15) is 54.8 Å². The zero-order chi connectivity index (χ0) is 20.3. The van der Waals surface area contributed by atoms with Crippen LogP contribution in [-0.2, 0) is 6.42 Å². The number of hydrogen-bond acceptors (Lipinski definition) is 4. The molecule has 0 saturated heterocycles. The van der Waals surface area contributed by atoms with Gasteiger partial charge in [-0.2, -0.15) is 0 Å². The molecule has 4 nitrogen and oxygen atoms in total. The van der Waals surface area contributed by atoms with Crippen molar-refractivity contribution in [1.29, 1.82) is 0 Å². The normalized spacial score (nSPS) is 11.8. The Morgan fingerprint density at radius 3 is 2.17 bits per heavy atom. The fourth-order valence-corrected chi connectivity index (χ4v) is 4.15. The van der Waals surface area contributed by atoms with Gasteiger partial charge >= 0.3 is 0 Å². The zero-order valence-corrected chi connectivity index (χ0v) is 17.7. The average molecular weight is 407 g/mol. The Kier molecular flexibility index (Phi) is 8.25. The Morgan fingerprint density at radius 2 is 1.59 bits per heavy atom. The highest BCUT2D eigenvalue weighted by atomic mass is 32.1. The topological polar surface area (TPSA) is 77.3 Å². The van der Waals surface area contributed by atoms with E-state index in [-0.39, 0.29) is 0 Å².